The summed E-state index contributed by atoms with van der Waals surface area (Å²) in [5.74, 6) is 0.717. The van der Waals surface area contributed by atoms with Gasteiger partial charge in [0.15, 0.2) is 0 Å². The first kappa shape index (κ1) is 12.9. The molecule has 0 radical (unpaired) electrons. The Morgan fingerprint density at radius 3 is 2.61 bits per heavy atom. The van der Waals surface area contributed by atoms with E-state index >= 15 is 0 Å². The molecule has 0 saturated carbocycles. The van der Waals surface area contributed by atoms with Gasteiger partial charge in [-0.25, -0.2) is 0 Å². The van der Waals surface area contributed by atoms with Crippen molar-refractivity contribution >= 4 is 11.6 Å². The molecule has 0 heterocycles. The third kappa shape index (κ3) is 2.66. The Morgan fingerprint density at radius 1 is 1.17 bits per heavy atom. The molecule has 1 unspecified atom stereocenters. The summed E-state index contributed by atoms with van der Waals surface area (Å²) in [6.45, 7) is 1.97. The first-order valence-corrected chi connectivity index (χ1v) is 6.07. The topological polar surface area (TPSA) is 29.5 Å². The zero-order valence-corrected chi connectivity index (χ0v) is 11.1. The zero-order chi connectivity index (χ0) is 13.1. The summed E-state index contributed by atoms with van der Waals surface area (Å²) >= 11 is 6.16. The second-order valence-electron chi connectivity index (χ2n) is 4.20. The molecule has 2 rings (SSSR count). The zero-order valence-electron chi connectivity index (χ0n) is 10.4. The van der Waals surface area contributed by atoms with E-state index in [0.717, 1.165) is 16.9 Å². The summed E-state index contributed by atoms with van der Waals surface area (Å²) in [5, 5.41) is 10.9. The van der Waals surface area contributed by atoms with Crippen LogP contribution in [0.4, 0.5) is 0 Å². The molecule has 2 aromatic carbocycles. The van der Waals surface area contributed by atoms with E-state index in [9.17, 15) is 5.11 Å². The van der Waals surface area contributed by atoms with E-state index < -0.39 is 6.10 Å². The minimum Gasteiger partial charge on any atom is -0.497 e. The average Bonchev–Trinajstić information content (AvgIpc) is 2.38. The molecule has 3 heteroatoms. The van der Waals surface area contributed by atoms with Crippen LogP contribution in [0.3, 0.4) is 0 Å². The molecule has 0 saturated heterocycles. The molecule has 0 aliphatic rings. The standard InChI is InChI=1S/C15H15ClO2/c1-10-6-7-13(14(16)8-10)15(17)11-4-3-5-12(9-11)18-2/h3-9,15,17H,1-2H3. The molecule has 1 N–H and O–H groups in total. The van der Waals surface area contributed by atoms with Gasteiger partial charge in [0.25, 0.3) is 0 Å². The van der Waals surface area contributed by atoms with E-state index in [2.05, 4.69) is 0 Å². The van der Waals surface area contributed by atoms with Crippen molar-refractivity contribution in [1.29, 1.82) is 0 Å². The first-order valence-electron chi connectivity index (χ1n) is 5.70. The molecule has 2 aromatic rings. The first-order chi connectivity index (χ1) is 8.61. The Morgan fingerprint density at radius 2 is 1.94 bits per heavy atom. The number of aliphatic hydroxyl groups excluding tert-OH is 1. The number of hydrogen-bond donors (Lipinski definition) is 1. The van der Waals surface area contributed by atoms with Gasteiger partial charge >= 0.3 is 0 Å². The predicted molar refractivity (Wildman–Crippen MR) is 73.2 cm³/mol. The minimum atomic E-state index is -0.742. The Balaban J connectivity index is 2.37. The summed E-state index contributed by atoms with van der Waals surface area (Å²) in [6, 6.07) is 13.0. The molecular weight excluding hydrogens is 248 g/mol. The van der Waals surface area contributed by atoms with Gasteiger partial charge in [-0.3, -0.25) is 0 Å². The van der Waals surface area contributed by atoms with Gasteiger partial charge < -0.3 is 9.84 Å². The molecule has 0 aromatic heterocycles. The quantitative estimate of drug-likeness (QED) is 0.913. The van der Waals surface area contributed by atoms with E-state index in [-0.39, 0.29) is 0 Å². The van der Waals surface area contributed by atoms with Gasteiger partial charge in [-0.15, -0.1) is 0 Å². The minimum absolute atomic E-state index is 0.574. The predicted octanol–water partition coefficient (Wildman–Crippen LogP) is 3.74. The smallest absolute Gasteiger partial charge is 0.119 e. The van der Waals surface area contributed by atoms with Crippen LogP contribution in [0.25, 0.3) is 0 Å². The van der Waals surface area contributed by atoms with Crippen LogP contribution in [-0.4, -0.2) is 12.2 Å². The highest BCUT2D eigenvalue weighted by Gasteiger charge is 2.14. The molecule has 0 bridgehead atoms. The lowest BCUT2D eigenvalue weighted by molar-refractivity contribution is 0.220. The van der Waals surface area contributed by atoms with Gasteiger partial charge in [-0.1, -0.05) is 35.9 Å². The number of hydrogen-bond acceptors (Lipinski definition) is 2. The third-order valence-corrected chi connectivity index (χ3v) is 3.19. The fourth-order valence-electron chi connectivity index (χ4n) is 1.85. The van der Waals surface area contributed by atoms with Crippen LogP contribution in [-0.2, 0) is 0 Å². The van der Waals surface area contributed by atoms with E-state index in [1.165, 1.54) is 0 Å². The summed E-state index contributed by atoms with van der Waals surface area (Å²) in [5.41, 5.74) is 2.54. The number of methoxy groups -OCH3 is 1. The molecule has 18 heavy (non-hydrogen) atoms. The number of halogens is 1. The van der Waals surface area contributed by atoms with E-state index in [4.69, 9.17) is 16.3 Å². The second-order valence-corrected chi connectivity index (χ2v) is 4.61. The highest BCUT2D eigenvalue weighted by atomic mass is 35.5. The van der Waals surface area contributed by atoms with Crippen LogP contribution in [0.15, 0.2) is 42.5 Å². The molecule has 94 valence electrons. The molecule has 0 spiro atoms. The van der Waals surface area contributed by atoms with Crippen molar-refractivity contribution in [3.63, 3.8) is 0 Å². The molecular formula is C15H15ClO2. The second kappa shape index (κ2) is 5.42. The number of rotatable bonds is 3. The summed E-state index contributed by atoms with van der Waals surface area (Å²) in [7, 11) is 1.60. The maximum Gasteiger partial charge on any atom is 0.119 e. The lowest BCUT2D eigenvalue weighted by atomic mass is 10.0. The van der Waals surface area contributed by atoms with Gasteiger partial charge in [0.1, 0.15) is 11.9 Å². The van der Waals surface area contributed by atoms with Crippen molar-refractivity contribution in [3.8, 4) is 5.75 Å². The molecule has 0 aliphatic carbocycles. The molecule has 2 nitrogen and oxygen atoms in total. The third-order valence-electron chi connectivity index (χ3n) is 2.86. The van der Waals surface area contributed by atoms with Crippen molar-refractivity contribution in [1.82, 2.24) is 0 Å². The normalized spacial score (nSPS) is 12.2. The van der Waals surface area contributed by atoms with Gasteiger partial charge in [-0.05, 0) is 36.2 Å². The Hall–Kier alpha value is -1.51. The van der Waals surface area contributed by atoms with Crippen molar-refractivity contribution in [2.24, 2.45) is 0 Å². The van der Waals surface area contributed by atoms with Gasteiger partial charge in [0, 0.05) is 10.6 Å². The molecule has 0 fully saturated rings. The Bertz CT molecular complexity index is 552. The van der Waals surface area contributed by atoms with Crippen molar-refractivity contribution in [2.45, 2.75) is 13.0 Å². The molecule has 0 aliphatic heterocycles. The SMILES string of the molecule is COc1cccc(C(O)c2ccc(C)cc2Cl)c1. The van der Waals surface area contributed by atoms with Crippen LogP contribution in [0.1, 0.15) is 22.8 Å². The monoisotopic (exact) mass is 262 g/mol. The fourth-order valence-corrected chi connectivity index (χ4v) is 2.18. The summed E-state index contributed by atoms with van der Waals surface area (Å²) in [6.07, 6.45) is -0.742. The van der Waals surface area contributed by atoms with Crippen LogP contribution in [0.2, 0.25) is 5.02 Å². The van der Waals surface area contributed by atoms with Gasteiger partial charge in [-0.2, -0.15) is 0 Å². The van der Waals surface area contributed by atoms with E-state index in [0.29, 0.717) is 10.6 Å². The van der Waals surface area contributed by atoms with E-state index in [1.54, 1.807) is 13.2 Å². The average molecular weight is 263 g/mol. The number of benzene rings is 2. The van der Waals surface area contributed by atoms with Crippen molar-refractivity contribution in [3.05, 3.63) is 64.2 Å². The fraction of sp³-hybridized carbons (Fsp3) is 0.200. The Kier molecular flexibility index (Phi) is 3.90. The largest absolute Gasteiger partial charge is 0.497 e. The lowest BCUT2D eigenvalue weighted by Gasteiger charge is -2.14. The van der Waals surface area contributed by atoms with Crippen molar-refractivity contribution < 1.29 is 9.84 Å². The van der Waals surface area contributed by atoms with E-state index in [1.807, 2.05) is 43.3 Å². The van der Waals surface area contributed by atoms with Crippen molar-refractivity contribution in [2.75, 3.05) is 7.11 Å². The summed E-state index contributed by atoms with van der Waals surface area (Å²) in [4.78, 5) is 0. The molecule has 1 atom stereocenters. The Labute approximate surface area is 112 Å². The van der Waals surface area contributed by atoms with Gasteiger partial charge in [0.2, 0.25) is 0 Å². The van der Waals surface area contributed by atoms with Crippen LogP contribution in [0, 0.1) is 6.92 Å². The number of aryl methyl sites for hydroxylation is 1. The van der Waals surface area contributed by atoms with Crippen LogP contribution in [0.5, 0.6) is 5.75 Å². The van der Waals surface area contributed by atoms with Crippen LogP contribution < -0.4 is 4.74 Å². The molecule has 0 amide bonds. The lowest BCUT2D eigenvalue weighted by Crippen LogP contribution is -2.01. The highest BCUT2D eigenvalue weighted by molar-refractivity contribution is 6.31. The maximum absolute atomic E-state index is 10.3. The highest BCUT2D eigenvalue weighted by Crippen LogP contribution is 2.30. The number of aliphatic hydroxyl groups is 1. The summed E-state index contributed by atoms with van der Waals surface area (Å²) < 4.78 is 5.15. The maximum atomic E-state index is 10.3. The van der Waals surface area contributed by atoms with Crippen LogP contribution >= 0.6 is 11.6 Å². The van der Waals surface area contributed by atoms with Gasteiger partial charge in [0.05, 0.1) is 7.11 Å². The number of ether oxygens (including phenoxy) is 1.